The highest BCUT2D eigenvalue weighted by molar-refractivity contribution is 6.04. The van der Waals surface area contributed by atoms with Gasteiger partial charge in [0.15, 0.2) is 0 Å². The molecule has 4 aromatic carbocycles. The molecule has 1 heterocycles. The number of amides is 4. The largest absolute Gasteiger partial charge is 0.506 e. The molecule has 0 spiro atoms. The molecule has 0 aliphatic heterocycles. The molecule has 0 aliphatic rings. The first-order valence-corrected chi connectivity index (χ1v) is 26.2. The van der Waals surface area contributed by atoms with Crippen LogP contribution in [0.15, 0.2) is 108 Å². The zero-order valence-electron chi connectivity index (χ0n) is 45.4. The Hall–Kier alpha value is -7.27. The van der Waals surface area contributed by atoms with Gasteiger partial charge in [-0.05, 0) is 113 Å². The quantitative estimate of drug-likeness (QED) is 0.0143. The van der Waals surface area contributed by atoms with Gasteiger partial charge in [0.2, 0.25) is 11.9 Å². The minimum absolute atomic E-state index is 0.0354. The number of para-hydroxylation sites is 2. The number of alkyl carbamates (subject to hydrolysis) is 1. The zero-order valence-corrected chi connectivity index (χ0v) is 45.4. The summed E-state index contributed by atoms with van der Waals surface area (Å²) in [5.74, 6) is 0.315. The van der Waals surface area contributed by atoms with Gasteiger partial charge in [-0.1, -0.05) is 36.9 Å². The van der Waals surface area contributed by atoms with Crippen LogP contribution in [0.5, 0.6) is 5.75 Å². The summed E-state index contributed by atoms with van der Waals surface area (Å²) in [5, 5.41) is 30.1. The van der Waals surface area contributed by atoms with Crippen molar-refractivity contribution in [1.29, 1.82) is 0 Å². The fourth-order valence-electron chi connectivity index (χ4n) is 7.33. The van der Waals surface area contributed by atoms with E-state index in [0.717, 1.165) is 41.4 Å². The van der Waals surface area contributed by atoms with Crippen LogP contribution >= 0.6 is 0 Å². The van der Waals surface area contributed by atoms with Crippen LogP contribution in [-0.2, 0) is 55.7 Å². The topological polar surface area (TPSA) is 253 Å². The Kier molecular flexibility index (Phi) is 27.2. The van der Waals surface area contributed by atoms with Gasteiger partial charge in [0, 0.05) is 49.3 Å². The summed E-state index contributed by atoms with van der Waals surface area (Å²) in [7, 11) is 1.54. The van der Waals surface area contributed by atoms with Gasteiger partial charge in [0.05, 0.1) is 103 Å². The fourth-order valence-corrected chi connectivity index (χ4v) is 7.33. The number of phenolic OH excluding ortho intramolecular Hbond substituents is 1. The summed E-state index contributed by atoms with van der Waals surface area (Å²) in [6, 6.07) is 26.4. The summed E-state index contributed by atoms with van der Waals surface area (Å²) < 4.78 is 45.7. The minimum Gasteiger partial charge on any atom is -0.506 e. The number of ether oxygens (including phenoxy) is 8. The number of unbranched alkanes of at least 4 members (excludes halogenated alkanes) is 2. The van der Waals surface area contributed by atoms with Crippen molar-refractivity contribution in [2.24, 2.45) is 10.2 Å². The molecule has 5 N–H and O–H groups in total. The highest BCUT2D eigenvalue weighted by Gasteiger charge is 2.17. The van der Waals surface area contributed by atoms with Gasteiger partial charge in [-0.25, -0.2) is 9.78 Å². The molecule has 0 unspecified atom stereocenters. The summed E-state index contributed by atoms with van der Waals surface area (Å²) in [6.45, 7) is 15.8. The molecule has 0 radical (unpaired) electrons. The van der Waals surface area contributed by atoms with E-state index in [9.17, 15) is 24.3 Å². The Labute approximate surface area is 456 Å². The van der Waals surface area contributed by atoms with Crippen LogP contribution in [0, 0.1) is 0 Å². The third-order valence-electron chi connectivity index (χ3n) is 11.3. The van der Waals surface area contributed by atoms with Gasteiger partial charge in [-0.2, -0.15) is 5.11 Å². The lowest BCUT2D eigenvalue weighted by molar-refractivity contribution is -0.122. The van der Waals surface area contributed by atoms with Crippen LogP contribution in [0.3, 0.4) is 0 Å². The van der Waals surface area contributed by atoms with Crippen molar-refractivity contribution in [2.75, 3.05) is 111 Å². The third-order valence-corrected chi connectivity index (χ3v) is 11.3. The molecule has 0 saturated heterocycles. The number of azo groups is 1. The Bertz CT molecular complexity index is 2670. The van der Waals surface area contributed by atoms with E-state index >= 15 is 0 Å². The highest BCUT2D eigenvalue weighted by atomic mass is 16.6. The number of anilines is 1. The van der Waals surface area contributed by atoms with Gasteiger partial charge < -0.3 is 63.5 Å². The minimum atomic E-state index is -0.585. The number of nitrogens with zero attached hydrogens (tertiary/aromatic N) is 4. The molecule has 0 aliphatic carbocycles. The lowest BCUT2D eigenvalue weighted by Crippen LogP contribution is -2.33. The molecule has 0 fully saturated rings. The average Bonchev–Trinajstić information content (AvgIpc) is 3.77. The first-order valence-electron chi connectivity index (χ1n) is 26.2. The van der Waals surface area contributed by atoms with E-state index in [1.807, 2.05) is 34.9 Å². The number of hydrogen-bond donors (Lipinski definition) is 5. The lowest BCUT2D eigenvalue weighted by Gasteiger charge is -2.19. The second-order valence-electron chi connectivity index (χ2n) is 18.6. The molecule has 4 amide bonds. The van der Waals surface area contributed by atoms with Crippen molar-refractivity contribution in [3.63, 3.8) is 0 Å². The predicted octanol–water partition coefficient (Wildman–Crippen LogP) is 8.30. The van der Waals surface area contributed by atoms with Crippen molar-refractivity contribution in [2.45, 2.75) is 65.0 Å². The van der Waals surface area contributed by atoms with Crippen LogP contribution in [0.25, 0.3) is 16.8 Å². The molecule has 422 valence electrons. The summed E-state index contributed by atoms with van der Waals surface area (Å²) in [5.41, 5.74) is 4.41. The van der Waals surface area contributed by atoms with E-state index in [1.54, 1.807) is 75.4 Å². The number of phenols is 1. The molecule has 0 bridgehead atoms. The van der Waals surface area contributed by atoms with Gasteiger partial charge >= 0.3 is 6.09 Å². The van der Waals surface area contributed by atoms with Crippen LogP contribution in [0.2, 0.25) is 0 Å². The number of methoxy groups -OCH3 is 1. The van der Waals surface area contributed by atoms with Crippen LogP contribution in [0.1, 0.15) is 78.3 Å². The Morgan fingerprint density at radius 1 is 0.628 bits per heavy atom. The smallest absolute Gasteiger partial charge is 0.407 e. The van der Waals surface area contributed by atoms with Crippen molar-refractivity contribution < 1.29 is 62.2 Å². The number of aromatic nitrogens is 2. The molecule has 5 aromatic rings. The number of carbonyl (C=O) groups excluding carboxylic acids is 4. The number of aromatic hydroxyl groups is 1. The van der Waals surface area contributed by atoms with Gasteiger partial charge in [-0.3, -0.25) is 19.7 Å². The van der Waals surface area contributed by atoms with Crippen LogP contribution in [0.4, 0.5) is 22.1 Å². The first kappa shape index (κ1) is 61.6. The normalized spacial score (nSPS) is 11.4. The van der Waals surface area contributed by atoms with E-state index in [-0.39, 0.29) is 35.6 Å². The second kappa shape index (κ2) is 34.5. The van der Waals surface area contributed by atoms with E-state index in [4.69, 9.17) is 37.9 Å². The monoisotopic (exact) mass is 1080 g/mol. The standard InChI is InChI=1S/C57H76N8O13/c1-42(71-5)45-12-11-13-46(41-45)54(69)62-55-61-48-14-7-8-15-50(48)65(55)27-10-6-9-24-58-52(67)23-28-72-30-32-74-34-36-76-38-39-77-37-35-75-33-31-73-29-26-59-53(68)44-17-19-47(20-18-44)63-64-49-40-43(16-21-51(49)66)22-25-60-56(70)78-57(2,3)4/h7-8,11-21,40-41,66H,1,6,9-10,22-39H2,2-5H3,(H,58,67)(H,59,68)(H,60,70)(H,61,62,69). The molecule has 1 aromatic heterocycles. The van der Waals surface area contributed by atoms with Crippen LogP contribution < -0.4 is 21.3 Å². The molecule has 5 rings (SSSR count). The number of hydrogen-bond acceptors (Lipinski definition) is 16. The number of carbonyl (C=O) groups is 4. The van der Waals surface area contributed by atoms with E-state index in [1.165, 1.54) is 13.2 Å². The van der Waals surface area contributed by atoms with Gasteiger partial charge in [0.25, 0.3) is 11.8 Å². The second-order valence-corrected chi connectivity index (χ2v) is 18.6. The van der Waals surface area contributed by atoms with Crippen LogP contribution in [-0.4, -0.2) is 150 Å². The number of nitrogens with one attached hydrogen (secondary N) is 4. The maximum absolute atomic E-state index is 13.2. The lowest BCUT2D eigenvalue weighted by atomic mass is 10.1. The van der Waals surface area contributed by atoms with E-state index in [2.05, 4.69) is 43.1 Å². The fraction of sp³-hybridized carbons (Fsp3) is 0.456. The summed E-state index contributed by atoms with van der Waals surface area (Å²) in [6.07, 6.45) is 2.79. The molecule has 0 atom stereocenters. The number of benzene rings is 4. The Morgan fingerprint density at radius 2 is 1.27 bits per heavy atom. The maximum atomic E-state index is 13.2. The van der Waals surface area contributed by atoms with Crippen molar-refractivity contribution in [3.05, 3.63) is 120 Å². The van der Waals surface area contributed by atoms with Gasteiger partial charge in [-0.15, -0.1) is 5.11 Å². The molecule has 78 heavy (non-hydrogen) atoms. The van der Waals surface area contributed by atoms with E-state index < -0.39 is 11.7 Å². The zero-order chi connectivity index (χ0) is 55.8. The van der Waals surface area contributed by atoms with Crippen molar-refractivity contribution in [3.8, 4) is 5.75 Å². The van der Waals surface area contributed by atoms with E-state index in [0.29, 0.717) is 140 Å². The third kappa shape index (κ3) is 23.5. The Morgan fingerprint density at radius 3 is 1.94 bits per heavy atom. The number of rotatable bonds is 37. The van der Waals surface area contributed by atoms with Crippen molar-refractivity contribution in [1.82, 2.24) is 25.5 Å². The summed E-state index contributed by atoms with van der Waals surface area (Å²) in [4.78, 5) is 54.7. The molecule has 0 saturated carbocycles. The van der Waals surface area contributed by atoms with Gasteiger partial charge in [0.1, 0.15) is 22.8 Å². The van der Waals surface area contributed by atoms with Crippen molar-refractivity contribution >= 4 is 57.9 Å². The number of aryl methyl sites for hydroxylation is 1. The average molecular weight is 1080 g/mol. The first-order chi connectivity index (χ1) is 37.8. The number of fused-ring (bicyclic) bond motifs is 1. The highest BCUT2D eigenvalue weighted by Crippen LogP contribution is 2.30. The molecule has 21 nitrogen and oxygen atoms in total. The SMILES string of the molecule is C=C(OC)c1cccc(C(=O)Nc2nc3ccccc3n2CCCCCNC(=O)CCOCCOCCOCCOCCOCCOCCNC(=O)c2ccc(N=Nc3cc(CCNC(=O)OC(C)(C)C)ccc3O)cc2)c1. The molecule has 21 heteroatoms. The summed E-state index contributed by atoms with van der Waals surface area (Å²) >= 11 is 0. The molecular weight excluding hydrogens is 1000 g/mol. The Balaban J connectivity index is 0.774. The predicted molar refractivity (Wildman–Crippen MR) is 296 cm³/mol. The molecular formula is C57H76N8O13. The number of imidazole rings is 1. The maximum Gasteiger partial charge on any atom is 0.407 e.